The molecule has 0 spiro atoms. The first-order valence-corrected chi connectivity index (χ1v) is 22.9. The van der Waals surface area contributed by atoms with E-state index in [1.54, 1.807) is 5.57 Å². The van der Waals surface area contributed by atoms with Gasteiger partial charge >= 0.3 is 0 Å². The van der Waals surface area contributed by atoms with Crippen molar-refractivity contribution in [2.75, 3.05) is 9.80 Å². The fourth-order valence-electron chi connectivity index (χ4n) is 12.0. The van der Waals surface area contributed by atoms with E-state index < -0.39 is 0 Å². The summed E-state index contributed by atoms with van der Waals surface area (Å²) in [4.78, 5) is 4.89. The fourth-order valence-corrected chi connectivity index (χ4v) is 12.0. The lowest BCUT2D eigenvalue weighted by molar-refractivity contribution is 0.381. The van der Waals surface area contributed by atoms with Crippen molar-refractivity contribution < 1.29 is 4.74 Å². The lowest BCUT2D eigenvalue weighted by atomic mass is 9.34. The Morgan fingerprint density at radius 2 is 1.33 bits per heavy atom. The molecule has 8 aromatic carbocycles. The van der Waals surface area contributed by atoms with E-state index in [1.807, 2.05) is 0 Å². The standard InChI is InChI=1S/C59H51BN2O/c1-6-39-32-38(2)36-59(5,37-39)40-28-30-43(31-29-40)61(41-18-9-7-10-19-41)53-35-48-56(45-23-14-13-22-44(45)53)46-33-55-50(34-47(46)58(48,3)4)60-49-24-15-16-25-51(49)62(42-20-11-8-12-21-42)52-26-17-27-54(63-55)57(52)60/h7-31,33-35,37-38H,6,32,36H2,1-5H3. The third kappa shape index (κ3) is 5.73. The van der Waals surface area contributed by atoms with Crippen molar-refractivity contribution in [1.29, 1.82) is 0 Å². The van der Waals surface area contributed by atoms with Gasteiger partial charge in [-0.15, -0.1) is 0 Å². The Balaban J connectivity index is 1.02. The summed E-state index contributed by atoms with van der Waals surface area (Å²) in [6.07, 6.45) is 6.07. The molecule has 2 aliphatic heterocycles. The van der Waals surface area contributed by atoms with Gasteiger partial charge in [0.05, 0.1) is 5.69 Å². The lowest BCUT2D eigenvalue weighted by Crippen LogP contribution is -2.59. The molecule has 3 nitrogen and oxygen atoms in total. The number of anilines is 6. The van der Waals surface area contributed by atoms with Crippen LogP contribution in [0.15, 0.2) is 182 Å². The molecule has 0 bridgehead atoms. The van der Waals surface area contributed by atoms with Gasteiger partial charge in [-0.05, 0) is 142 Å². The smallest absolute Gasteiger partial charge is 0.256 e. The van der Waals surface area contributed by atoms with Gasteiger partial charge in [0, 0.05) is 44.7 Å². The van der Waals surface area contributed by atoms with E-state index in [2.05, 4.69) is 220 Å². The summed E-state index contributed by atoms with van der Waals surface area (Å²) in [6.45, 7) is 12.0. The number of benzene rings is 8. The molecule has 0 radical (unpaired) electrons. The molecule has 0 amide bonds. The number of nitrogens with zero attached hydrogens (tertiary/aromatic N) is 2. The van der Waals surface area contributed by atoms with Crippen LogP contribution in [0.25, 0.3) is 21.9 Å². The van der Waals surface area contributed by atoms with Gasteiger partial charge in [0.25, 0.3) is 6.71 Å². The zero-order valence-electron chi connectivity index (χ0n) is 36.8. The molecular weight excluding hydrogens is 763 g/mol. The van der Waals surface area contributed by atoms with Crippen molar-refractivity contribution in [1.82, 2.24) is 0 Å². The summed E-state index contributed by atoms with van der Waals surface area (Å²) in [7, 11) is 0. The van der Waals surface area contributed by atoms with Gasteiger partial charge < -0.3 is 14.5 Å². The van der Waals surface area contributed by atoms with E-state index in [4.69, 9.17) is 4.74 Å². The van der Waals surface area contributed by atoms with E-state index in [0.29, 0.717) is 5.92 Å². The average molecular weight is 815 g/mol. The third-order valence-corrected chi connectivity index (χ3v) is 14.8. The van der Waals surface area contributed by atoms with Gasteiger partial charge in [-0.1, -0.05) is 149 Å². The highest BCUT2D eigenvalue weighted by atomic mass is 16.5. The maximum atomic E-state index is 7.06. The zero-order valence-corrected chi connectivity index (χ0v) is 36.8. The highest BCUT2D eigenvalue weighted by molar-refractivity contribution is 6.99. The summed E-state index contributed by atoms with van der Waals surface area (Å²) in [5.74, 6) is 2.54. The molecule has 8 aromatic rings. The Morgan fingerprint density at radius 3 is 2.11 bits per heavy atom. The van der Waals surface area contributed by atoms with Crippen LogP contribution >= 0.6 is 0 Å². The molecular formula is C59H51BN2O. The van der Waals surface area contributed by atoms with E-state index in [-0.39, 0.29) is 17.5 Å². The maximum Gasteiger partial charge on any atom is 0.256 e. The minimum Gasteiger partial charge on any atom is -0.458 e. The molecule has 0 saturated carbocycles. The SMILES string of the molecule is CCC1=CC(C)(c2ccc(N(c3ccccc3)c3cc4c(c5ccccc35)-c3cc5c(cc3C4(C)C)B3c4ccccc4N(c4ccccc4)c4cccc(c43)O5)cc2)CC(C)C1. The molecule has 0 saturated heterocycles. The summed E-state index contributed by atoms with van der Waals surface area (Å²) in [6, 6.07) is 63.0. The molecule has 63 heavy (non-hydrogen) atoms. The van der Waals surface area contributed by atoms with Crippen LogP contribution in [-0.2, 0) is 10.8 Å². The second-order valence-electron chi connectivity index (χ2n) is 19.2. The molecule has 0 N–H and O–H groups in total. The van der Waals surface area contributed by atoms with Crippen LogP contribution < -0.4 is 30.9 Å². The monoisotopic (exact) mass is 814 g/mol. The van der Waals surface area contributed by atoms with Gasteiger partial charge in [0.15, 0.2) is 0 Å². The van der Waals surface area contributed by atoms with Crippen LogP contribution in [0.3, 0.4) is 0 Å². The van der Waals surface area contributed by atoms with Gasteiger partial charge in [-0.2, -0.15) is 0 Å². The van der Waals surface area contributed by atoms with E-state index >= 15 is 0 Å². The van der Waals surface area contributed by atoms with Gasteiger partial charge in [0.1, 0.15) is 11.5 Å². The van der Waals surface area contributed by atoms with Crippen LogP contribution in [0.2, 0.25) is 0 Å². The van der Waals surface area contributed by atoms with E-state index in [1.165, 1.54) is 84.9 Å². The van der Waals surface area contributed by atoms with Crippen molar-refractivity contribution in [3.8, 4) is 22.6 Å². The molecule has 12 rings (SSSR count). The number of hydrogen-bond acceptors (Lipinski definition) is 3. The highest BCUT2D eigenvalue weighted by Gasteiger charge is 2.45. The average Bonchev–Trinajstić information content (AvgIpc) is 3.53. The first-order chi connectivity index (χ1) is 30.7. The van der Waals surface area contributed by atoms with Crippen LogP contribution in [0.1, 0.15) is 70.6 Å². The van der Waals surface area contributed by atoms with Gasteiger partial charge in [0.2, 0.25) is 0 Å². The number of allylic oxidation sites excluding steroid dienone is 2. The normalized spacial score (nSPS) is 18.7. The molecule has 306 valence electrons. The summed E-state index contributed by atoms with van der Waals surface area (Å²) in [5.41, 5.74) is 18.7. The molecule has 2 heterocycles. The molecule has 2 atom stereocenters. The Bertz CT molecular complexity index is 3150. The topological polar surface area (TPSA) is 15.7 Å². The highest BCUT2D eigenvalue weighted by Crippen LogP contribution is 2.56. The van der Waals surface area contributed by atoms with E-state index in [0.717, 1.165) is 35.0 Å². The van der Waals surface area contributed by atoms with Crippen LogP contribution in [0.5, 0.6) is 11.5 Å². The van der Waals surface area contributed by atoms with Crippen LogP contribution in [0.4, 0.5) is 34.1 Å². The van der Waals surface area contributed by atoms with Crippen molar-refractivity contribution in [3.05, 3.63) is 198 Å². The molecule has 4 aliphatic rings. The zero-order chi connectivity index (χ0) is 42.6. The number of ether oxygens (including phenoxy) is 1. The van der Waals surface area contributed by atoms with Crippen molar-refractivity contribution in [2.24, 2.45) is 5.92 Å². The van der Waals surface area contributed by atoms with Crippen molar-refractivity contribution in [2.45, 2.75) is 64.7 Å². The second-order valence-corrected chi connectivity index (χ2v) is 19.2. The predicted octanol–water partition coefficient (Wildman–Crippen LogP) is 14.0. The quantitative estimate of drug-likeness (QED) is 0.123. The fraction of sp³-hybridized carbons (Fsp3) is 0.186. The minimum atomic E-state index is -0.287. The Labute approximate surface area is 372 Å². The Kier molecular flexibility index (Phi) is 8.51. The summed E-state index contributed by atoms with van der Waals surface area (Å²) < 4.78 is 7.06. The van der Waals surface area contributed by atoms with Crippen LogP contribution in [-0.4, -0.2) is 6.71 Å². The first-order valence-electron chi connectivity index (χ1n) is 22.9. The lowest BCUT2D eigenvalue weighted by Gasteiger charge is -2.40. The molecule has 0 fully saturated rings. The predicted molar refractivity (Wildman–Crippen MR) is 266 cm³/mol. The molecule has 0 aromatic heterocycles. The largest absolute Gasteiger partial charge is 0.458 e. The van der Waals surface area contributed by atoms with Gasteiger partial charge in [-0.25, -0.2) is 0 Å². The minimum absolute atomic E-state index is 0.0297. The summed E-state index contributed by atoms with van der Waals surface area (Å²) >= 11 is 0. The maximum absolute atomic E-state index is 7.06. The second kappa shape index (κ2) is 14.1. The van der Waals surface area contributed by atoms with Crippen molar-refractivity contribution in [3.63, 3.8) is 0 Å². The van der Waals surface area contributed by atoms with E-state index in [9.17, 15) is 0 Å². The van der Waals surface area contributed by atoms with Gasteiger partial charge in [-0.3, -0.25) is 0 Å². The van der Waals surface area contributed by atoms with Crippen LogP contribution in [0, 0.1) is 5.92 Å². The molecule has 2 unspecified atom stereocenters. The summed E-state index contributed by atoms with van der Waals surface area (Å²) in [5, 5.41) is 2.49. The number of hydrogen-bond donors (Lipinski definition) is 0. The number of fused-ring (bicyclic) bond motifs is 9. The Morgan fingerprint density at radius 1 is 0.651 bits per heavy atom. The van der Waals surface area contributed by atoms with Crippen molar-refractivity contribution >= 4 is 68.0 Å². The number of para-hydroxylation sites is 3. The Hall–Kier alpha value is -6.78. The number of rotatable bonds is 6. The molecule has 4 heteroatoms. The third-order valence-electron chi connectivity index (χ3n) is 14.8. The molecule has 2 aliphatic carbocycles. The first kappa shape index (κ1) is 37.9.